The average Bonchev–Trinajstić information content (AvgIpc) is 2.71. The Hall–Kier alpha value is -1.34. The smallest absolute Gasteiger partial charge is 0.183 e. The molecular formula is C9H14N6S. The van der Waals surface area contributed by atoms with E-state index in [0.29, 0.717) is 17.0 Å². The van der Waals surface area contributed by atoms with Crippen LogP contribution in [0.5, 0.6) is 0 Å². The first kappa shape index (κ1) is 11.2. The third kappa shape index (κ3) is 2.10. The molecule has 6 nitrogen and oxygen atoms in total. The van der Waals surface area contributed by atoms with Crippen molar-refractivity contribution in [3.63, 3.8) is 0 Å². The Bertz CT molecular complexity index is 482. The van der Waals surface area contributed by atoms with Gasteiger partial charge in [0.25, 0.3) is 0 Å². The van der Waals surface area contributed by atoms with Gasteiger partial charge in [-0.3, -0.25) is 0 Å². The van der Waals surface area contributed by atoms with Crippen molar-refractivity contribution in [2.75, 3.05) is 17.7 Å². The average molecular weight is 238 g/mol. The molecule has 0 radical (unpaired) electrons. The van der Waals surface area contributed by atoms with Crippen LogP contribution in [-0.4, -0.2) is 31.9 Å². The normalized spacial score (nSPS) is 13.1. The van der Waals surface area contributed by atoms with Gasteiger partial charge in [0, 0.05) is 0 Å². The van der Waals surface area contributed by atoms with Crippen molar-refractivity contribution in [1.29, 1.82) is 0 Å². The number of fused-ring (bicyclic) bond motifs is 1. The predicted molar refractivity (Wildman–Crippen MR) is 66.0 cm³/mol. The third-order valence-corrected chi connectivity index (χ3v) is 2.96. The number of imidazole rings is 1. The largest absolute Gasteiger partial charge is 0.382 e. The fraction of sp³-hybridized carbons (Fsp3) is 0.444. The minimum absolute atomic E-state index is 0.110. The van der Waals surface area contributed by atoms with Crippen LogP contribution in [0.2, 0.25) is 0 Å². The highest BCUT2D eigenvalue weighted by Crippen LogP contribution is 2.18. The number of thioether (sulfide) groups is 1. The summed E-state index contributed by atoms with van der Waals surface area (Å²) in [4.78, 5) is 15.3. The molecule has 0 aliphatic rings. The first-order valence-corrected chi connectivity index (χ1v) is 6.32. The van der Waals surface area contributed by atoms with Crippen LogP contribution in [0.1, 0.15) is 18.3 Å². The van der Waals surface area contributed by atoms with Gasteiger partial charge < -0.3 is 16.5 Å². The van der Waals surface area contributed by atoms with Gasteiger partial charge in [-0.25, -0.2) is 15.0 Å². The summed E-state index contributed by atoms with van der Waals surface area (Å²) >= 11 is 1.76. The molecule has 1 atom stereocenters. The molecule has 0 fully saturated rings. The standard InChI is InChI=1S/C9H14N6S/c1-16-3-2-5(10)8-14-6-7(11)12-4-13-9(6)15-8/h4-5H,2-3,10H2,1H3,(H3,11,12,13,14,15). The fourth-order valence-electron chi connectivity index (χ4n) is 1.42. The summed E-state index contributed by atoms with van der Waals surface area (Å²) in [5.74, 6) is 2.12. The van der Waals surface area contributed by atoms with E-state index in [1.165, 1.54) is 6.33 Å². The van der Waals surface area contributed by atoms with Crippen molar-refractivity contribution in [3.8, 4) is 0 Å². The van der Waals surface area contributed by atoms with Crippen molar-refractivity contribution in [2.45, 2.75) is 12.5 Å². The highest BCUT2D eigenvalue weighted by molar-refractivity contribution is 7.98. The van der Waals surface area contributed by atoms with E-state index in [1.807, 2.05) is 0 Å². The molecule has 1 unspecified atom stereocenters. The number of hydrogen-bond donors (Lipinski definition) is 3. The molecule has 0 saturated carbocycles. The van der Waals surface area contributed by atoms with Crippen molar-refractivity contribution < 1.29 is 0 Å². The maximum absolute atomic E-state index is 6.00. The van der Waals surface area contributed by atoms with Crippen molar-refractivity contribution >= 4 is 28.7 Å². The van der Waals surface area contributed by atoms with Crippen LogP contribution in [0.15, 0.2) is 6.33 Å². The SMILES string of the molecule is CSCCC(N)c1nc2ncnc(N)c2[nH]1. The van der Waals surface area contributed by atoms with Gasteiger partial charge in [0.15, 0.2) is 11.5 Å². The molecule has 86 valence electrons. The van der Waals surface area contributed by atoms with Crippen LogP contribution in [0.3, 0.4) is 0 Å². The second kappa shape index (κ2) is 4.67. The Balaban J connectivity index is 2.29. The van der Waals surface area contributed by atoms with E-state index in [9.17, 15) is 0 Å². The molecule has 0 saturated heterocycles. The number of nitrogens with one attached hydrogen (secondary N) is 1. The van der Waals surface area contributed by atoms with E-state index in [2.05, 4.69) is 26.2 Å². The quantitative estimate of drug-likeness (QED) is 0.723. The molecule has 0 aromatic carbocycles. The summed E-state index contributed by atoms with van der Waals surface area (Å²) in [5, 5.41) is 0. The molecule has 5 N–H and O–H groups in total. The molecule has 7 heteroatoms. The summed E-state index contributed by atoms with van der Waals surface area (Å²) in [5.41, 5.74) is 12.9. The monoisotopic (exact) mass is 238 g/mol. The fourth-order valence-corrected chi connectivity index (χ4v) is 1.91. The van der Waals surface area contributed by atoms with E-state index in [1.54, 1.807) is 11.8 Å². The number of nitrogens with zero attached hydrogens (tertiary/aromatic N) is 3. The zero-order valence-electron chi connectivity index (χ0n) is 8.97. The number of anilines is 1. The summed E-state index contributed by atoms with van der Waals surface area (Å²) in [6.07, 6.45) is 4.32. The third-order valence-electron chi connectivity index (χ3n) is 2.32. The Labute approximate surface area is 97.2 Å². The number of hydrogen-bond acceptors (Lipinski definition) is 6. The topological polar surface area (TPSA) is 106 Å². The zero-order valence-corrected chi connectivity index (χ0v) is 9.79. The minimum Gasteiger partial charge on any atom is -0.382 e. The molecular weight excluding hydrogens is 224 g/mol. The number of nitrogen functional groups attached to an aromatic ring is 1. The number of aromatic amines is 1. The second-order valence-electron chi connectivity index (χ2n) is 3.47. The Morgan fingerprint density at radius 3 is 3.00 bits per heavy atom. The summed E-state index contributed by atoms with van der Waals surface area (Å²) in [7, 11) is 0. The number of aromatic nitrogens is 4. The molecule has 2 heterocycles. The lowest BCUT2D eigenvalue weighted by molar-refractivity contribution is 0.666. The van der Waals surface area contributed by atoms with Gasteiger partial charge in [-0.1, -0.05) is 0 Å². The predicted octanol–water partition coefficient (Wildman–Crippen LogP) is 0.688. The van der Waals surface area contributed by atoms with Crippen LogP contribution in [-0.2, 0) is 0 Å². The van der Waals surface area contributed by atoms with E-state index in [0.717, 1.165) is 18.0 Å². The molecule has 0 amide bonds. The van der Waals surface area contributed by atoms with Gasteiger partial charge in [-0.05, 0) is 18.4 Å². The lowest BCUT2D eigenvalue weighted by Gasteiger charge is -2.06. The maximum Gasteiger partial charge on any atom is 0.183 e. The van der Waals surface area contributed by atoms with Gasteiger partial charge in [-0.2, -0.15) is 11.8 Å². The van der Waals surface area contributed by atoms with Crippen molar-refractivity contribution in [1.82, 2.24) is 19.9 Å². The second-order valence-corrected chi connectivity index (χ2v) is 4.45. The summed E-state index contributed by atoms with van der Waals surface area (Å²) < 4.78 is 0. The molecule has 0 aliphatic carbocycles. The maximum atomic E-state index is 6.00. The highest BCUT2D eigenvalue weighted by Gasteiger charge is 2.13. The van der Waals surface area contributed by atoms with Crippen LogP contribution in [0.4, 0.5) is 5.82 Å². The first-order chi connectivity index (χ1) is 7.72. The molecule has 2 rings (SSSR count). The van der Waals surface area contributed by atoms with Gasteiger partial charge in [0.05, 0.1) is 6.04 Å². The van der Waals surface area contributed by atoms with E-state index < -0.39 is 0 Å². The van der Waals surface area contributed by atoms with Gasteiger partial charge in [-0.15, -0.1) is 0 Å². The van der Waals surface area contributed by atoms with E-state index >= 15 is 0 Å². The van der Waals surface area contributed by atoms with E-state index in [-0.39, 0.29) is 6.04 Å². The van der Waals surface area contributed by atoms with Crippen LogP contribution in [0, 0.1) is 0 Å². The minimum atomic E-state index is -0.110. The zero-order chi connectivity index (χ0) is 11.5. The first-order valence-electron chi connectivity index (χ1n) is 4.93. The highest BCUT2D eigenvalue weighted by atomic mass is 32.2. The van der Waals surface area contributed by atoms with Gasteiger partial charge in [0.1, 0.15) is 17.7 Å². The summed E-state index contributed by atoms with van der Waals surface area (Å²) in [6, 6.07) is -0.110. The van der Waals surface area contributed by atoms with Crippen LogP contribution >= 0.6 is 11.8 Å². The number of rotatable bonds is 4. The van der Waals surface area contributed by atoms with E-state index in [4.69, 9.17) is 11.5 Å². The van der Waals surface area contributed by atoms with Gasteiger partial charge in [0.2, 0.25) is 0 Å². The molecule has 0 aliphatic heterocycles. The Kier molecular flexibility index (Phi) is 3.25. The lowest BCUT2D eigenvalue weighted by Crippen LogP contribution is -2.12. The van der Waals surface area contributed by atoms with Crippen LogP contribution in [0.25, 0.3) is 11.2 Å². The molecule has 0 spiro atoms. The molecule has 2 aromatic heterocycles. The molecule has 16 heavy (non-hydrogen) atoms. The summed E-state index contributed by atoms with van der Waals surface area (Å²) in [6.45, 7) is 0. The Morgan fingerprint density at radius 2 is 2.31 bits per heavy atom. The van der Waals surface area contributed by atoms with Crippen molar-refractivity contribution in [3.05, 3.63) is 12.2 Å². The van der Waals surface area contributed by atoms with Gasteiger partial charge >= 0.3 is 0 Å². The van der Waals surface area contributed by atoms with Crippen LogP contribution < -0.4 is 11.5 Å². The molecule has 2 aromatic rings. The van der Waals surface area contributed by atoms with Crippen molar-refractivity contribution in [2.24, 2.45) is 5.73 Å². The number of H-pyrrole nitrogens is 1. The Morgan fingerprint density at radius 1 is 1.50 bits per heavy atom. The lowest BCUT2D eigenvalue weighted by atomic mass is 10.2. The number of nitrogens with two attached hydrogens (primary N) is 2. The molecule has 0 bridgehead atoms.